The van der Waals surface area contributed by atoms with Crippen LogP contribution in [0.4, 0.5) is 8.78 Å². The molecule has 0 N–H and O–H groups in total. The van der Waals surface area contributed by atoms with Crippen molar-refractivity contribution in [2.45, 2.75) is 39.0 Å². The maximum absolute atomic E-state index is 12.9. The smallest absolute Gasteiger partial charge is 0.381 e. The van der Waals surface area contributed by atoms with Gasteiger partial charge in [-0.1, -0.05) is 25.8 Å². The minimum Gasteiger partial charge on any atom is -0.461 e. The fourth-order valence-electron chi connectivity index (χ4n) is 0.849. The van der Waals surface area contributed by atoms with E-state index in [0.29, 0.717) is 12.5 Å². The maximum Gasteiger partial charge on any atom is 0.381 e. The van der Waals surface area contributed by atoms with Crippen LogP contribution in [0.1, 0.15) is 33.1 Å². The molecular weight excluding hydrogens is 190 g/mol. The second kappa shape index (κ2) is 6.51. The number of carbonyl (C=O) groups excluding carboxylic acids is 1. The molecule has 2 nitrogen and oxygen atoms in total. The summed E-state index contributed by atoms with van der Waals surface area (Å²) in [5, 5.41) is 0. The third kappa shape index (κ3) is 4.94. The third-order valence-electron chi connectivity index (χ3n) is 1.60. The van der Waals surface area contributed by atoms with Crippen LogP contribution >= 0.6 is 0 Å². The van der Waals surface area contributed by atoms with Crippen molar-refractivity contribution in [3.63, 3.8) is 0 Å². The Hall–Kier alpha value is -0.930. The number of carbonyl (C=O) groups is 1. The minimum atomic E-state index is -3.48. The zero-order valence-electron chi connectivity index (χ0n) is 8.56. The van der Waals surface area contributed by atoms with Gasteiger partial charge in [0.1, 0.15) is 0 Å². The molecule has 0 fully saturated rings. The first-order chi connectivity index (χ1) is 6.54. The normalized spacial score (nSPS) is 12.0. The molecule has 0 aromatic carbocycles. The monoisotopic (exact) mass is 206 g/mol. The second-order valence-corrected chi connectivity index (χ2v) is 2.89. The number of hydrogen-bond acceptors (Lipinski definition) is 2. The van der Waals surface area contributed by atoms with Gasteiger partial charge >= 0.3 is 11.9 Å². The molecule has 0 aliphatic heterocycles. The van der Waals surface area contributed by atoms with Gasteiger partial charge in [-0.15, -0.1) is 0 Å². The summed E-state index contributed by atoms with van der Waals surface area (Å²) in [6.07, 6.45) is 4.28. The largest absolute Gasteiger partial charge is 0.461 e. The van der Waals surface area contributed by atoms with E-state index in [0.717, 1.165) is 12.8 Å². The summed E-state index contributed by atoms with van der Waals surface area (Å²) in [5.74, 6) is -4.96. The highest BCUT2D eigenvalue weighted by Crippen LogP contribution is 2.17. The zero-order valence-corrected chi connectivity index (χ0v) is 8.56. The van der Waals surface area contributed by atoms with Crippen molar-refractivity contribution >= 4 is 5.97 Å². The number of ether oxygens (including phenoxy) is 1. The Balaban J connectivity index is 4.04. The van der Waals surface area contributed by atoms with E-state index in [1.54, 1.807) is 0 Å². The Bertz CT molecular complexity index is 200. The summed E-state index contributed by atoms with van der Waals surface area (Å²) in [6, 6.07) is 0. The molecule has 0 atom stereocenters. The fourth-order valence-corrected chi connectivity index (χ4v) is 0.849. The van der Waals surface area contributed by atoms with E-state index < -0.39 is 11.9 Å². The van der Waals surface area contributed by atoms with Crippen LogP contribution in [0.2, 0.25) is 0 Å². The number of allylic oxidation sites excluding steroid dienone is 1. The van der Waals surface area contributed by atoms with Gasteiger partial charge in [-0.25, -0.2) is 4.79 Å². The minimum absolute atomic E-state index is 0.0305. The zero-order chi connectivity index (χ0) is 11.0. The van der Waals surface area contributed by atoms with Crippen LogP contribution < -0.4 is 0 Å². The van der Waals surface area contributed by atoms with Crippen molar-refractivity contribution in [3.8, 4) is 0 Å². The van der Waals surface area contributed by atoms with Crippen LogP contribution in [0.25, 0.3) is 0 Å². The Morgan fingerprint density at radius 2 is 2.07 bits per heavy atom. The summed E-state index contributed by atoms with van der Waals surface area (Å²) in [5.41, 5.74) is 0. The second-order valence-electron chi connectivity index (χ2n) is 2.89. The lowest BCUT2D eigenvalue weighted by Gasteiger charge is -2.09. The molecule has 0 aliphatic rings. The van der Waals surface area contributed by atoms with E-state index in [9.17, 15) is 13.6 Å². The van der Waals surface area contributed by atoms with Crippen molar-refractivity contribution < 1.29 is 18.3 Å². The first-order valence-corrected chi connectivity index (χ1v) is 4.77. The Morgan fingerprint density at radius 3 is 2.57 bits per heavy atom. The van der Waals surface area contributed by atoms with Crippen molar-refractivity contribution in [3.05, 3.63) is 12.2 Å². The van der Waals surface area contributed by atoms with Gasteiger partial charge in [-0.05, 0) is 19.4 Å². The molecule has 0 spiro atoms. The van der Waals surface area contributed by atoms with Gasteiger partial charge in [0.25, 0.3) is 0 Å². The summed E-state index contributed by atoms with van der Waals surface area (Å²) in [7, 11) is 0. The van der Waals surface area contributed by atoms with Crippen molar-refractivity contribution in [1.82, 2.24) is 0 Å². The predicted molar refractivity (Wildman–Crippen MR) is 50.2 cm³/mol. The van der Waals surface area contributed by atoms with E-state index in [-0.39, 0.29) is 6.61 Å². The molecule has 0 saturated carbocycles. The Labute approximate surface area is 82.9 Å². The molecule has 0 bridgehead atoms. The summed E-state index contributed by atoms with van der Waals surface area (Å²) in [6.45, 7) is 3.43. The summed E-state index contributed by atoms with van der Waals surface area (Å²) in [4.78, 5) is 10.7. The topological polar surface area (TPSA) is 26.3 Å². The van der Waals surface area contributed by atoms with Crippen LogP contribution in [-0.2, 0) is 9.53 Å². The van der Waals surface area contributed by atoms with Gasteiger partial charge < -0.3 is 4.74 Å². The molecule has 0 heterocycles. The first-order valence-electron chi connectivity index (χ1n) is 4.77. The predicted octanol–water partition coefficient (Wildman–Crippen LogP) is 2.93. The maximum atomic E-state index is 12.9. The van der Waals surface area contributed by atoms with Crippen LogP contribution in [0, 0.1) is 0 Å². The van der Waals surface area contributed by atoms with E-state index in [1.807, 2.05) is 6.92 Å². The molecule has 0 unspecified atom stereocenters. The quantitative estimate of drug-likeness (QED) is 0.379. The SMILES string of the molecule is CCCC/C=C\C(F)(F)C(=O)OCC. The number of halogens is 2. The number of rotatable bonds is 6. The average Bonchev–Trinajstić information content (AvgIpc) is 2.13. The molecular formula is C10H16F2O2. The Morgan fingerprint density at radius 1 is 1.43 bits per heavy atom. The van der Waals surface area contributed by atoms with Gasteiger partial charge in [0.15, 0.2) is 0 Å². The van der Waals surface area contributed by atoms with Crippen LogP contribution in [-0.4, -0.2) is 18.5 Å². The lowest BCUT2D eigenvalue weighted by molar-refractivity contribution is -0.164. The van der Waals surface area contributed by atoms with E-state index in [4.69, 9.17) is 0 Å². The molecule has 0 aliphatic carbocycles. The highest BCUT2D eigenvalue weighted by Gasteiger charge is 2.36. The number of unbranched alkanes of at least 4 members (excludes halogenated alkanes) is 2. The molecule has 14 heavy (non-hydrogen) atoms. The molecule has 0 saturated heterocycles. The summed E-state index contributed by atoms with van der Waals surface area (Å²) < 4.78 is 30.0. The van der Waals surface area contributed by atoms with E-state index in [1.165, 1.54) is 13.0 Å². The van der Waals surface area contributed by atoms with E-state index in [2.05, 4.69) is 4.74 Å². The van der Waals surface area contributed by atoms with Gasteiger partial charge in [0.2, 0.25) is 0 Å². The molecule has 82 valence electrons. The van der Waals surface area contributed by atoms with Crippen LogP contribution in [0.5, 0.6) is 0 Å². The molecule has 0 aromatic heterocycles. The molecule has 0 amide bonds. The van der Waals surface area contributed by atoms with Gasteiger partial charge in [0.05, 0.1) is 6.61 Å². The van der Waals surface area contributed by atoms with Crippen LogP contribution in [0.3, 0.4) is 0 Å². The van der Waals surface area contributed by atoms with Gasteiger partial charge in [-0.3, -0.25) is 0 Å². The highest BCUT2D eigenvalue weighted by atomic mass is 19.3. The molecule has 4 heteroatoms. The lowest BCUT2D eigenvalue weighted by atomic mass is 10.2. The number of hydrogen-bond donors (Lipinski definition) is 0. The number of alkyl halides is 2. The van der Waals surface area contributed by atoms with Crippen molar-refractivity contribution in [2.24, 2.45) is 0 Å². The van der Waals surface area contributed by atoms with Gasteiger partial charge in [-0.2, -0.15) is 8.78 Å². The fraction of sp³-hybridized carbons (Fsp3) is 0.700. The molecule has 0 rings (SSSR count). The third-order valence-corrected chi connectivity index (χ3v) is 1.60. The standard InChI is InChI=1S/C10H16F2O2/c1-3-5-6-7-8-10(11,12)9(13)14-4-2/h7-8H,3-6H2,1-2H3/b8-7-. The number of esters is 1. The molecule has 0 radical (unpaired) electrons. The van der Waals surface area contributed by atoms with Crippen LogP contribution in [0.15, 0.2) is 12.2 Å². The van der Waals surface area contributed by atoms with E-state index >= 15 is 0 Å². The summed E-state index contributed by atoms with van der Waals surface area (Å²) >= 11 is 0. The Kier molecular flexibility index (Phi) is 6.08. The highest BCUT2D eigenvalue weighted by molar-refractivity contribution is 5.79. The van der Waals surface area contributed by atoms with Crippen molar-refractivity contribution in [2.75, 3.05) is 6.61 Å². The van der Waals surface area contributed by atoms with Crippen molar-refractivity contribution in [1.29, 1.82) is 0 Å². The average molecular weight is 206 g/mol. The molecule has 0 aromatic rings. The lowest BCUT2D eigenvalue weighted by Crippen LogP contribution is -2.28. The first kappa shape index (κ1) is 13.1. The van der Waals surface area contributed by atoms with Gasteiger partial charge in [0, 0.05) is 0 Å².